The number of carbonyl (C=O) groups is 1. The molecule has 0 radical (unpaired) electrons. The van der Waals surface area contributed by atoms with Gasteiger partial charge in [0.05, 0.1) is 10.6 Å². The molecule has 0 aliphatic rings. The zero-order chi connectivity index (χ0) is 11.6. The number of hydrogen-bond donors (Lipinski definition) is 0. The van der Waals surface area contributed by atoms with Crippen molar-refractivity contribution in [2.24, 2.45) is 11.3 Å². The minimum absolute atomic E-state index is 0.190. The number of nitrogens with zero attached hydrogens (tertiary/aromatic N) is 1. The van der Waals surface area contributed by atoms with Gasteiger partial charge in [0.2, 0.25) is 0 Å². The van der Waals surface area contributed by atoms with E-state index in [0.29, 0.717) is 5.92 Å². The van der Waals surface area contributed by atoms with Crippen LogP contribution < -0.4 is 0 Å². The van der Waals surface area contributed by atoms with Crippen LogP contribution in [0.15, 0.2) is 6.07 Å². The third-order valence-electron chi connectivity index (χ3n) is 2.08. The molecule has 0 spiro atoms. The molecule has 1 heterocycles. The predicted octanol–water partition coefficient (Wildman–Crippen LogP) is 3.57. The molecule has 1 aromatic heterocycles. The molecule has 0 aliphatic carbocycles. The first-order chi connectivity index (χ1) is 6.80. The summed E-state index contributed by atoms with van der Waals surface area (Å²) in [6.45, 7) is 10.1. The summed E-state index contributed by atoms with van der Waals surface area (Å²) >= 11 is 1.33. The van der Waals surface area contributed by atoms with Crippen LogP contribution in [0.1, 0.15) is 50.0 Å². The molecule has 0 bridgehead atoms. The van der Waals surface area contributed by atoms with Crippen LogP contribution >= 0.6 is 11.5 Å². The SMILES string of the molecule is CC(C)Cc1cc(C(=O)C(C)(C)C)sn1. The van der Waals surface area contributed by atoms with Crippen LogP contribution in [0.4, 0.5) is 0 Å². The van der Waals surface area contributed by atoms with Crippen LogP contribution in [0, 0.1) is 11.3 Å². The van der Waals surface area contributed by atoms with Crippen molar-refractivity contribution in [1.82, 2.24) is 4.37 Å². The van der Waals surface area contributed by atoms with Gasteiger partial charge in [0, 0.05) is 5.41 Å². The molecule has 2 nitrogen and oxygen atoms in total. The Bertz CT molecular complexity index is 347. The van der Waals surface area contributed by atoms with Gasteiger partial charge < -0.3 is 0 Å². The van der Waals surface area contributed by atoms with Crippen molar-refractivity contribution in [2.45, 2.75) is 41.0 Å². The number of ketones is 1. The number of hydrogen-bond acceptors (Lipinski definition) is 3. The largest absolute Gasteiger partial charge is 0.293 e. The van der Waals surface area contributed by atoms with E-state index in [1.807, 2.05) is 26.8 Å². The molecule has 0 aromatic carbocycles. The normalized spacial score (nSPS) is 12.1. The molecule has 0 saturated carbocycles. The Balaban J connectivity index is 2.81. The lowest BCUT2D eigenvalue weighted by atomic mass is 9.90. The third kappa shape index (κ3) is 3.42. The van der Waals surface area contributed by atoms with Crippen LogP contribution in [-0.2, 0) is 6.42 Å². The summed E-state index contributed by atoms with van der Waals surface area (Å²) in [5.41, 5.74) is 0.740. The molecule has 0 aliphatic heterocycles. The van der Waals surface area contributed by atoms with Crippen molar-refractivity contribution in [1.29, 1.82) is 0 Å². The smallest absolute Gasteiger partial charge is 0.179 e. The first-order valence-electron chi connectivity index (χ1n) is 5.31. The number of aromatic nitrogens is 1. The summed E-state index contributed by atoms with van der Waals surface area (Å²) in [7, 11) is 0. The second kappa shape index (κ2) is 4.44. The highest BCUT2D eigenvalue weighted by atomic mass is 32.1. The lowest BCUT2D eigenvalue weighted by Crippen LogP contribution is -2.18. The van der Waals surface area contributed by atoms with E-state index in [2.05, 4.69) is 18.2 Å². The molecular formula is C12H19NOS. The second-order valence-corrected chi connectivity index (χ2v) is 6.16. The minimum Gasteiger partial charge on any atom is -0.293 e. The summed E-state index contributed by atoms with van der Waals surface area (Å²) < 4.78 is 4.31. The second-order valence-electron chi connectivity index (χ2n) is 5.36. The van der Waals surface area contributed by atoms with E-state index in [1.54, 1.807) is 0 Å². The molecule has 3 heteroatoms. The molecule has 0 saturated heterocycles. The Hall–Kier alpha value is -0.700. The summed E-state index contributed by atoms with van der Waals surface area (Å²) in [5.74, 6) is 0.777. The molecular weight excluding hydrogens is 206 g/mol. The molecule has 0 atom stereocenters. The van der Waals surface area contributed by atoms with E-state index >= 15 is 0 Å². The Labute approximate surface area is 95.9 Å². The highest BCUT2D eigenvalue weighted by Gasteiger charge is 2.24. The maximum atomic E-state index is 11.9. The van der Waals surface area contributed by atoms with E-state index < -0.39 is 0 Å². The summed E-state index contributed by atoms with van der Waals surface area (Å²) in [5, 5.41) is 0. The zero-order valence-corrected chi connectivity index (χ0v) is 10.9. The van der Waals surface area contributed by atoms with Crippen LogP contribution in [0.5, 0.6) is 0 Å². The molecule has 84 valence electrons. The van der Waals surface area contributed by atoms with Gasteiger partial charge >= 0.3 is 0 Å². The predicted molar refractivity (Wildman–Crippen MR) is 64.4 cm³/mol. The highest BCUT2D eigenvalue weighted by Crippen LogP contribution is 2.24. The lowest BCUT2D eigenvalue weighted by Gasteiger charge is -2.14. The van der Waals surface area contributed by atoms with Gasteiger partial charge in [0.25, 0.3) is 0 Å². The van der Waals surface area contributed by atoms with Crippen molar-refractivity contribution < 1.29 is 4.79 Å². The summed E-state index contributed by atoms with van der Waals surface area (Å²) in [6.07, 6.45) is 0.952. The van der Waals surface area contributed by atoms with Crippen molar-refractivity contribution in [3.63, 3.8) is 0 Å². The fourth-order valence-electron chi connectivity index (χ4n) is 1.30. The summed E-state index contributed by atoms with van der Waals surface area (Å²) in [6, 6.07) is 1.94. The Morgan fingerprint density at radius 3 is 2.53 bits per heavy atom. The first-order valence-corrected chi connectivity index (χ1v) is 6.08. The van der Waals surface area contributed by atoms with Gasteiger partial charge in [-0.2, -0.15) is 4.37 Å². The maximum Gasteiger partial charge on any atom is 0.179 e. The topological polar surface area (TPSA) is 30.0 Å². The average molecular weight is 225 g/mol. The third-order valence-corrected chi connectivity index (χ3v) is 2.91. The average Bonchev–Trinajstić information content (AvgIpc) is 2.48. The molecule has 1 aromatic rings. The highest BCUT2D eigenvalue weighted by molar-refractivity contribution is 7.08. The Morgan fingerprint density at radius 1 is 1.47 bits per heavy atom. The van der Waals surface area contributed by atoms with Crippen molar-refractivity contribution in [3.05, 3.63) is 16.6 Å². The number of rotatable bonds is 3. The van der Waals surface area contributed by atoms with Gasteiger partial charge in [-0.15, -0.1) is 0 Å². The van der Waals surface area contributed by atoms with Gasteiger partial charge in [-0.3, -0.25) is 4.79 Å². The Morgan fingerprint density at radius 2 is 2.07 bits per heavy atom. The van der Waals surface area contributed by atoms with Crippen LogP contribution in [0.2, 0.25) is 0 Å². The molecule has 0 fully saturated rings. The van der Waals surface area contributed by atoms with Crippen LogP contribution in [0.25, 0.3) is 0 Å². The Kier molecular flexibility index (Phi) is 3.66. The van der Waals surface area contributed by atoms with Gasteiger partial charge in [-0.05, 0) is 29.9 Å². The number of carbonyl (C=O) groups excluding carboxylic acids is 1. The van der Waals surface area contributed by atoms with Gasteiger partial charge in [0.15, 0.2) is 5.78 Å². The maximum absolute atomic E-state index is 11.9. The molecule has 1 rings (SSSR count). The summed E-state index contributed by atoms with van der Waals surface area (Å²) in [4.78, 5) is 12.7. The quantitative estimate of drug-likeness (QED) is 0.736. The molecule has 0 amide bonds. The van der Waals surface area contributed by atoms with E-state index in [9.17, 15) is 4.79 Å². The minimum atomic E-state index is -0.304. The van der Waals surface area contributed by atoms with Crippen molar-refractivity contribution in [3.8, 4) is 0 Å². The van der Waals surface area contributed by atoms with Crippen molar-refractivity contribution in [2.75, 3.05) is 0 Å². The van der Waals surface area contributed by atoms with Gasteiger partial charge in [-0.25, -0.2) is 0 Å². The molecule has 15 heavy (non-hydrogen) atoms. The van der Waals surface area contributed by atoms with Gasteiger partial charge in [-0.1, -0.05) is 34.6 Å². The fourth-order valence-corrected chi connectivity index (χ4v) is 2.22. The van der Waals surface area contributed by atoms with Crippen LogP contribution in [-0.4, -0.2) is 10.2 Å². The van der Waals surface area contributed by atoms with Crippen molar-refractivity contribution >= 4 is 17.3 Å². The standard InChI is InChI=1S/C12H19NOS/c1-8(2)6-9-7-10(15-13-9)11(14)12(3,4)5/h7-8H,6H2,1-5H3. The van der Waals surface area contributed by atoms with E-state index in [1.165, 1.54) is 11.5 Å². The molecule has 0 unspecified atom stereocenters. The lowest BCUT2D eigenvalue weighted by molar-refractivity contribution is 0.0862. The molecule has 0 N–H and O–H groups in total. The number of Topliss-reactive ketones (excluding diaryl/α,β-unsaturated/α-hetero) is 1. The first kappa shape index (κ1) is 12.4. The fraction of sp³-hybridized carbons (Fsp3) is 0.667. The van der Waals surface area contributed by atoms with E-state index in [-0.39, 0.29) is 11.2 Å². The van der Waals surface area contributed by atoms with Gasteiger partial charge in [0.1, 0.15) is 0 Å². The van der Waals surface area contributed by atoms with E-state index in [0.717, 1.165) is 17.0 Å². The van der Waals surface area contributed by atoms with Crippen LogP contribution in [0.3, 0.4) is 0 Å². The van der Waals surface area contributed by atoms with E-state index in [4.69, 9.17) is 0 Å². The monoisotopic (exact) mass is 225 g/mol. The zero-order valence-electron chi connectivity index (χ0n) is 10.1.